The van der Waals surface area contributed by atoms with Crippen molar-refractivity contribution in [2.24, 2.45) is 0 Å². The number of nitrogens with zero attached hydrogens (tertiary/aromatic N) is 2. The van der Waals surface area contributed by atoms with Crippen LogP contribution in [0.1, 0.15) is 23.1 Å². The molecule has 0 aliphatic carbocycles. The highest BCUT2D eigenvalue weighted by molar-refractivity contribution is 7.98. The number of ether oxygens (including phenoxy) is 2. The van der Waals surface area contributed by atoms with E-state index in [0.29, 0.717) is 23.5 Å². The lowest BCUT2D eigenvalue weighted by atomic mass is 10.2. The number of para-hydroxylation sites is 2. The molecule has 0 radical (unpaired) electrons. The van der Waals surface area contributed by atoms with E-state index in [0.717, 1.165) is 11.5 Å². The summed E-state index contributed by atoms with van der Waals surface area (Å²) in [6.07, 6.45) is -0.374. The Morgan fingerprint density at radius 1 is 1.08 bits per heavy atom. The van der Waals surface area contributed by atoms with Gasteiger partial charge in [0.1, 0.15) is 6.61 Å². The van der Waals surface area contributed by atoms with E-state index in [2.05, 4.69) is 41.4 Å². The van der Waals surface area contributed by atoms with Crippen LogP contribution in [0.5, 0.6) is 11.5 Å². The zero-order valence-electron chi connectivity index (χ0n) is 13.1. The van der Waals surface area contributed by atoms with Gasteiger partial charge < -0.3 is 13.9 Å². The molecule has 1 aliphatic rings. The van der Waals surface area contributed by atoms with Gasteiger partial charge in [0.15, 0.2) is 11.5 Å². The number of rotatable bonds is 4. The molecule has 0 amide bonds. The van der Waals surface area contributed by atoms with Gasteiger partial charge in [-0.3, -0.25) is 0 Å². The van der Waals surface area contributed by atoms with Crippen molar-refractivity contribution in [3.8, 4) is 11.5 Å². The standard InChI is InChI=1S/C18H16N2O3S/c1-12-5-4-6-13(9-12)11-24-18-20-19-17(23-18)16-10-21-14-7-2-3-8-15(14)22-16/h2-9,16H,10-11H2,1H3. The Hall–Kier alpha value is -2.47. The van der Waals surface area contributed by atoms with Crippen molar-refractivity contribution in [2.75, 3.05) is 6.61 Å². The molecular formula is C18H16N2O3S. The highest BCUT2D eigenvalue weighted by Gasteiger charge is 2.27. The summed E-state index contributed by atoms with van der Waals surface area (Å²) < 4.78 is 17.3. The smallest absolute Gasteiger partial charge is 0.277 e. The Morgan fingerprint density at radius 2 is 1.96 bits per heavy atom. The molecule has 0 N–H and O–H groups in total. The Balaban J connectivity index is 1.42. The maximum Gasteiger partial charge on any atom is 0.277 e. The van der Waals surface area contributed by atoms with E-state index in [-0.39, 0.29) is 6.10 Å². The number of fused-ring (bicyclic) bond motifs is 1. The summed E-state index contributed by atoms with van der Waals surface area (Å²) in [6, 6.07) is 15.9. The fourth-order valence-corrected chi connectivity index (χ4v) is 3.21. The fourth-order valence-electron chi connectivity index (χ4n) is 2.50. The second-order valence-corrected chi connectivity index (χ2v) is 6.47. The maximum absolute atomic E-state index is 5.88. The normalized spacial score (nSPS) is 16.1. The van der Waals surface area contributed by atoms with E-state index in [4.69, 9.17) is 13.9 Å². The third kappa shape index (κ3) is 3.23. The van der Waals surface area contributed by atoms with Crippen molar-refractivity contribution >= 4 is 11.8 Å². The van der Waals surface area contributed by atoms with Crippen LogP contribution in [0.15, 0.2) is 58.2 Å². The first kappa shape index (κ1) is 15.1. The predicted molar refractivity (Wildman–Crippen MR) is 90.3 cm³/mol. The van der Waals surface area contributed by atoms with Gasteiger partial charge in [0.2, 0.25) is 6.10 Å². The molecule has 0 spiro atoms. The summed E-state index contributed by atoms with van der Waals surface area (Å²) in [5.74, 6) is 2.66. The molecule has 5 nitrogen and oxygen atoms in total. The lowest BCUT2D eigenvalue weighted by Gasteiger charge is -2.23. The largest absolute Gasteiger partial charge is 0.485 e. The zero-order chi connectivity index (χ0) is 16.4. The zero-order valence-corrected chi connectivity index (χ0v) is 14.0. The van der Waals surface area contributed by atoms with Crippen molar-refractivity contribution in [3.63, 3.8) is 0 Å². The van der Waals surface area contributed by atoms with Crippen LogP contribution in [0, 0.1) is 6.92 Å². The Kier molecular flexibility index (Phi) is 4.13. The van der Waals surface area contributed by atoms with Crippen LogP contribution in [0.25, 0.3) is 0 Å². The minimum absolute atomic E-state index is 0.362. The molecule has 0 fully saturated rings. The van der Waals surface area contributed by atoms with E-state index in [1.165, 1.54) is 22.9 Å². The average molecular weight is 340 g/mol. The lowest BCUT2D eigenvalue weighted by Crippen LogP contribution is -2.21. The Labute approximate surface area is 144 Å². The molecule has 3 aromatic rings. The first-order valence-electron chi connectivity index (χ1n) is 7.68. The fraction of sp³-hybridized carbons (Fsp3) is 0.222. The summed E-state index contributed by atoms with van der Waals surface area (Å²) >= 11 is 1.52. The monoisotopic (exact) mass is 340 g/mol. The first-order chi connectivity index (χ1) is 11.8. The van der Waals surface area contributed by atoms with E-state index in [1.807, 2.05) is 24.3 Å². The summed E-state index contributed by atoms with van der Waals surface area (Å²) in [7, 11) is 0. The number of thioether (sulfide) groups is 1. The molecule has 1 aliphatic heterocycles. The molecular weight excluding hydrogens is 324 g/mol. The first-order valence-corrected chi connectivity index (χ1v) is 8.67. The van der Waals surface area contributed by atoms with Gasteiger partial charge in [-0.1, -0.05) is 53.7 Å². The quantitative estimate of drug-likeness (QED) is 0.664. The van der Waals surface area contributed by atoms with Crippen molar-refractivity contribution in [1.82, 2.24) is 10.2 Å². The maximum atomic E-state index is 5.88. The van der Waals surface area contributed by atoms with Crippen LogP contribution < -0.4 is 9.47 Å². The molecule has 6 heteroatoms. The van der Waals surface area contributed by atoms with E-state index in [9.17, 15) is 0 Å². The molecule has 0 saturated carbocycles. The van der Waals surface area contributed by atoms with Gasteiger partial charge in [0.25, 0.3) is 11.1 Å². The average Bonchev–Trinajstić information content (AvgIpc) is 3.09. The second kappa shape index (κ2) is 6.57. The third-order valence-electron chi connectivity index (χ3n) is 3.65. The van der Waals surface area contributed by atoms with Crippen LogP contribution in [0.2, 0.25) is 0 Å². The molecule has 1 unspecified atom stereocenters. The lowest BCUT2D eigenvalue weighted by molar-refractivity contribution is 0.0686. The minimum atomic E-state index is -0.374. The van der Waals surface area contributed by atoms with Gasteiger partial charge in [-0.15, -0.1) is 10.2 Å². The minimum Gasteiger partial charge on any atom is -0.485 e. The van der Waals surface area contributed by atoms with E-state index >= 15 is 0 Å². The van der Waals surface area contributed by atoms with Crippen molar-refractivity contribution in [1.29, 1.82) is 0 Å². The predicted octanol–water partition coefficient (Wildman–Crippen LogP) is 4.18. The molecule has 1 aromatic heterocycles. The van der Waals surface area contributed by atoms with E-state index < -0.39 is 0 Å². The van der Waals surface area contributed by atoms with Gasteiger partial charge in [0, 0.05) is 5.75 Å². The topological polar surface area (TPSA) is 57.4 Å². The Bertz CT molecular complexity index is 850. The second-order valence-electron chi connectivity index (χ2n) is 5.55. The highest BCUT2D eigenvalue weighted by atomic mass is 32.2. The highest BCUT2D eigenvalue weighted by Crippen LogP contribution is 2.36. The van der Waals surface area contributed by atoms with Gasteiger partial charge in [-0.05, 0) is 24.6 Å². The van der Waals surface area contributed by atoms with Crippen LogP contribution >= 0.6 is 11.8 Å². The summed E-state index contributed by atoms with van der Waals surface area (Å²) in [6.45, 7) is 2.44. The van der Waals surface area contributed by atoms with Gasteiger partial charge >= 0.3 is 0 Å². The van der Waals surface area contributed by atoms with E-state index in [1.54, 1.807) is 0 Å². The number of aromatic nitrogens is 2. The molecule has 122 valence electrons. The number of aryl methyl sites for hydroxylation is 1. The number of benzene rings is 2. The van der Waals surface area contributed by atoms with Crippen LogP contribution in [-0.2, 0) is 5.75 Å². The molecule has 2 heterocycles. The summed E-state index contributed by atoms with van der Waals surface area (Å²) in [5.41, 5.74) is 2.47. The van der Waals surface area contributed by atoms with Crippen LogP contribution in [0.4, 0.5) is 0 Å². The molecule has 1 atom stereocenters. The van der Waals surface area contributed by atoms with Gasteiger partial charge in [0.05, 0.1) is 0 Å². The summed E-state index contributed by atoms with van der Waals surface area (Å²) in [5, 5.41) is 8.73. The number of hydrogen-bond acceptors (Lipinski definition) is 6. The van der Waals surface area contributed by atoms with Crippen molar-refractivity contribution in [2.45, 2.75) is 24.0 Å². The summed E-state index contributed by atoms with van der Waals surface area (Å²) in [4.78, 5) is 0. The Morgan fingerprint density at radius 3 is 2.83 bits per heavy atom. The molecule has 0 bridgehead atoms. The van der Waals surface area contributed by atoms with Crippen LogP contribution in [-0.4, -0.2) is 16.8 Å². The SMILES string of the molecule is Cc1cccc(CSc2nnc(C3COc4ccccc4O3)o2)c1. The molecule has 24 heavy (non-hydrogen) atoms. The molecule has 4 rings (SSSR count). The van der Waals surface area contributed by atoms with Gasteiger partial charge in [-0.2, -0.15) is 0 Å². The van der Waals surface area contributed by atoms with Crippen molar-refractivity contribution in [3.05, 3.63) is 65.5 Å². The molecule has 2 aromatic carbocycles. The number of hydrogen-bond donors (Lipinski definition) is 0. The third-order valence-corrected chi connectivity index (χ3v) is 4.54. The van der Waals surface area contributed by atoms with Crippen molar-refractivity contribution < 1.29 is 13.9 Å². The van der Waals surface area contributed by atoms with Crippen LogP contribution in [0.3, 0.4) is 0 Å². The molecule has 0 saturated heterocycles. The van der Waals surface area contributed by atoms with Gasteiger partial charge in [-0.25, -0.2) is 0 Å².